The smallest absolute Gasteiger partial charge is 0.150 e. The molecule has 122 valence electrons. The summed E-state index contributed by atoms with van der Waals surface area (Å²) >= 11 is 1.64. The SMILES string of the molecule is O=S1(=O)CCC(CNc2cncc(SCc3ccccc3)n2)C1. The van der Waals surface area contributed by atoms with Crippen molar-refractivity contribution in [2.45, 2.75) is 17.2 Å². The molecule has 1 aromatic carbocycles. The van der Waals surface area contributed by atoms with Crippen LogP contribution in [0.2, 0.25) is 0 Å². The Morgan fingerprint density at radius 1 is 1.22 bits per heavy atom. The Bertz CT molecular complexity index is 751. The molecule has 7 heteroatoms. The molecule has 3 rings (SSSR count). The molecule has 1 fully saturated rings. The first kappa shape index (κ1) is 16.3. The first-order valence-electron chi connectivity index (χ1n) is 7.54. The fourth-order valence-corrected chi connectivity index (χ4v) is 5.18. The van der Waals surface area contributed by atoms with Gasteiger partial charge in [-0.2, -0.15) is 0 Å². The quantitative estimate of drug-likeness (QED) is 0.808. The van der Waals surface area contributed by atoms with Crippen molar-refractivity contribution in [1.82, 2.24) is 9.97 Å². The van der Waals surface area contributed by atoms with Crippen LogP contribution in [0.1, 0.15) is 12.0 Å². The van der Waals surface area contributed by atoms with Crippen molar-refractivity contribution < 1.29 is 8.42 Å². The average molecular weight is 349 g/mol. The van der Waals surface area contributed by atoms with Crippen LogP contribution in [0.4, 0.5) is 5.82 Å². The van der Waals surface area contributed by atoms with Crippen LogP contribution in [0.25, 0.3) is 0 Å². The summed E-state index contributed by atoms with van der Waals surface area (Å²) < 4.78 is 22.9. The van der Waals surface area contributed by atoms with Gasteiger partial charge in [-0.15, -0.1) is 11.8 Å². The number of sulfone groups is 1. The second kappa shape index (κ2) is 7.31. The first-order chi connectivity index (χ1) is 11.1. The number of thioether (sulfide) groups is 1. The van der Waals surface area contributed by atoms with E-state index in [1.807, 2.05) is 18.2 Å². The maximum absolute atomic E-state index is 11.5. The lowest BCUT2D eigenvalue weighted by Gasteiger charge is -2.10. The zero-order valence-electron chi connectivity index (χ0n) is 12.7. The van der Waals surface area contributed by atoms with Gasteiger partial charge in [0.05, 0.1) is 23.9 Å². The molecule has 0 amide bonds. The van der Waals surface area contributed by atoms with Crippen molar-refractivity contribution in [1.29, 1.82) is 0 Å². The van der Waals surface area contributed by atoms with Gasteiger partial charge in [-0.05, 0) is 17.9 Å². The van der Waals surface area contributed by atoms with Gasteiger partial charge in [0.2, 0.25) is 0 Å². The Morgan fingerprint density at radius 3 is 2.78 bits per heavy atom. The highest BCUT2D eigenvalue weighted by Crippen LogP contribution is 2.22. The molecular weight excluding hydrogens is 330 g/mol. The molecule has 0 bridgehead atoms. The zero-order valence-corrected chi connectivity index (χ0v) is 14.3. The van der Waals surface area contributed by atoms with Crippen molar-refractivity contribution >= 4 is 27.4 Å². The van der Waals surface area contributed by atoms with Crippen LogP contribution >= 0.6 is 11.8 Å². The normalized spacial score (nSPS) is 19.6. The fraction of sp³-hybridized carbons (Fsp3) is 0.375. The lowest BCUT2D eigenvalue weighted by atomic mass is 10.1. The van der Waals surface area contributed by atoms with Gasteiger partial charge in [0, 0.05) is 12.3 Å². The minimum atomic E-state index is -2.83. The summed E-state index contributed by atoms with van der Waals surface area (Å²) in [6.07, 6.45) is 4.15. The second-order valence-corrected chi connectivity index (χ2v) is 8.89. The van der Waals surface area contributed by atoms with E-state index in [1.165, 1.54) is 5.56 Å². The van der Waals surface area contributed by atoms with Gasteiger partial charge in [-0.1, -0.05) is 30.3 Å². The fourth-order valence-electron chi connectivity index (χ4n) is 2.52. The molecule has 5 nitrogen and oxygen atoms in total. The molecule has 1 unspecified atom stereocenters. The van der Waals surface area contributed by atoms with Crippen LogP contribution in [0.3, 0.4) is 0 Å². The Hall–Kier alpha value is -1.60. The summed E-state index contributed by atoms with van der Waals surface area (Å²) in [5.41, 5.74) is 1.24. The van der Waals surface area contributed by atoms with Crippen LogP contribution < -0.4 is 5.32 Å². The molecule has 0 radical (unpaired) electrons. The lowest BCUT2D eigenvalue weighted by Crippen LogP contribution is -2.16. The molecule has 0 aliphatic carbocycles. The highest BCUT2D eigenvalue weighted by Gasteiger charge is 2.27. The standard InChI is InChI=1S/C16H19N3O2S2/c20-23(21)7-6-14(12-23)8-18-15-9-17-10-16(19-15)22-11-13-4-2-1-3-5-13/h1-5,9-10,14H,6-8,11-12H2,(H,18,19). The molecular formula is C16H19N3O2S2. The molecule has 1 saturated heterocycles. The summed E-state index contributed by atoms with van der Waals surface area (Å²) in [7, 11) is -2.83. The number of benzene rings is 1. The molecule has 1 aromatic heterocycles. The van der Waals surface area contributed by atoms with Gasteiger partial charge in [0.15, 0.2) is 9.84 Å². The van der Waals surface area contributed by atoms with Crippen molar-refractivity contribution in [2.24, 2.45) is 5.92 Å². The van der Waals surface area contributed by atoms with Crippen LogP contribution in [0.5, 0.6) is 0 Å². The predicted octanol–water partition coefficient (Wildman–Crippen LogP) is 2.62. The van der Waals surface area contributed by atoms with Gasteiger partial charge in [0.1, 0.15) is 10.8 Å². The van der Waals surface area contributed by atoms with Gasteiger partial charge < -0.3 is 5.32 Å². The second-order valence-electron chi connectivity index (χ2n) is 5.67. The molecule has 2 aromatic rings. The van der Waals surface area contributed by atoms with E-state index >= 15 is 0 Å². The molecule has 2 heterocycles. The average Bonchev–Trinajstić information content (AvgIpc) is 2.92. The Kier molecular flexibility index (Phi) is 5.17. The molecule has 1 aliphatic rings. The first-order valence-corrected chi connectivity index (χ1v) is 10.3. The van der Waals surface area contributed by atoms with E-state index in [0.717, 1.165) is 17.2 Å². The summed E-state index contributed by atoms with van der Waals surface area (Å²) in [5.74, 6) is 2.29. The van der Waals surface area contributed by atoms with Crippen LogP contribution in [0, 0.1) is 5.92 Å². The van der Waals surface area contributed by atoms with Gasteiger partial charge in [-0.3, -0.25) is 4.98 Å². The van der Waals surface area contributed by atoms with Crippen molar-refractivity contribution in [2.75, 3.05) is 23.4 Å². The summed E-state index contributed by atoms with van der Waals surface area (Å²) in [6.45, 7) is 0.626. The lowest BCUT2D eigenvalue weighted by molar-refractivity contribution is 0.595. The van der Waals surface area contributed by atoms with Crippen molar-refractivity contribution in [3.63, 3.8) is 0 Å². The maximum atomic E-state index is 11.5. The van der Waals surface area contributed by atoms with Crippen molar-refractivity contribution in [3.8, 4) is 0 Å². The molecule has 0 spiro atoms. The summed E-state index contributed by atoms with van der Waals surface area (Å²) in [6, 6.07) is 10.2. The third kappa shape index (κ3) is 4.94. The van der Waals surface area contributed by atoms with Gasteiger partial charge in [-0.25, -0.2) is 13.4 Å². The number of aromatic nitrogens is 2. The topological polar surface area (TPSA) is 72.0 Å². The monoisotopic (exact) mass is 349 g/mol. The van der Waals surface area contributed by atoms with E-state index in [4.69, 9.17) is 0 Å². The van der Waals surface area contributed by atoms with E-state index in [2.05, 4.69) is 27.4 Å². The molecule has 23 heavy (non-hydrogen) atoms. The minimum Gasteiger partial charge on any atom is -0.368 e. The number of rotatable bonds is 6. The van der Waals surface area contributed by atoms with E-state index in [0.29, 0.717) is 18.1 Å². The third-order valence-corrected chi connectivity index (χ3v) is 6.55. The number of nitrogens with one attached hydrogen (secondary N) is 1. The van der Waals surface area contributed by atoms with E-state index in [-0.39, 0.29) is 11.7 Å². The summed E-state index contributed by atoms with van der Waals surface area (Å²) in [4.78, 5) is 8.73. The largest absolute Gasteiger partial charge is 0.368 e. The molecule has 1 atom stereocenters. The minimum absolute atomic E-state index is 0.169. The molecule has 1 aliphatic heterocycles. The Labute approximate surface area is 140 Å². The van der Waals surface area contributed by atoms with Crippen molar-refractivity contribution in [3.05, 3.63) is 48.3 Å². The predicted molar refractivity (Wildman–Crippen MR) is 93.3 cm³/mol. The van der Waals surface area contributed by atoms with E-state index in [1.54, 1.807) is 24.2 Å². The van der Waals surface area contributed by atoms with Crippen LogP contribution in [-0.2, 0) is 15.6 Å². The number of nitrogens with zero attached hydrogens (tertiary/aromatic N) is 2. The Balaban J connectivity index is 1.53. The van der Waals surface area contributed by atoms with Gasteiger partial charge in [0.25, 0.3) is 0 Å². The van der Waals surface area contributed by atoms with Crippen LogP contribution in [-0.4, -0.2) is 36.4 Å². The third-order valence-electron chi connectivity index (χ3n) is 3.74. The zero-order chi connectivity index (χ0) is 16.1. The van der Waals surface area contributed by atoms with Crippen LogP contribution in [0.15, 0.2) is 47.8 Å². The van der Waals surface area contributed by atoms with E-state index in [9.17, 15) is 8.42 Å². The number of anilines is 1. The number of hydrogen-bond donors (Lipinski definition) is 1. The molecule has 0 saturated carbocycles. The molecule has 1 N–H and O–H groups in total. The van der Waals surface area contributed by atoms with Gasteiger partial charge >= 0.3 is 0 Å². The highest BCUT2D eigenvalue weighted by atomic mass is 32.2. The Morgan fingerprint density at radius 2 is 2.04 bits per heavy atom. The maximum Gasteiger partial charge on any atom is 0.150 e. The highest BCUT2D eigenvalue weighted by molar-refractivity contribution is 7.98. The number of hydrogen-bond acceptors (Lipinski definition) is 6. The van der Waals surface area contributed by atoms with E-state index < -0.39 is 9.84 Å². The summed E-state index contributed by atoms with van der Waals surface area (Å²) in [5, 5.41) is 4.07.